The molecule has 0 spiro atoms. The van der Waals surface area contributed by atoms with Gasteiger partial charge in [0.05, 0.1) is 0 Å². The zero-order chi connectivity index (χ0) is 8.91. The van der Waals surface area contributed by atoms with Crippen LogP contribution in [0.5, 0.6) is 0 Å². The molecule has 62 valence electrons. The zero-order valence-corrected chi connectivity index (χ0v) is 7.85. The summed E-state index contributed by atoms with van der Waals surface area (Å²) in [6.07, 6.45) is 6.85. The molecule has 0 heteroatoms. The van der Waals surface area contributed by atoms with E-state index in [1.165, 1.54) is 5.57 Å². The molecular formula is C11H18. The van der Waals surface area contributed by atoms with Gasteiger partial charge in [0.15, 0.2) is 0 Å². The van der Waals surface area contributed by atoms with Gasteiger partial charge in [-0.2, -0.15) is 0 Å². The van der Waals surface area contributed by atoms with Crippen LogP contribution >= 0.6 is 0 Å². The Morgan fingerprint density at radius 1 is 1.45 bits per heavy atom. The first-order valence-corrected chi connectivity index (χ1v) is 4.03. The molecule has 0 bridgehead atoms. The molecule has 0 atom stereocenters. The zero-order valence-electron chi connectivity index (χ0n) is 7.85. The molecule has 0 N–H and O–H groups in total. The van der Waals surface area contributed by atoms with Crippen LogP contribution in [0.1, 0.15) is 27.2 Å². The molecule has 0 aromatic heterocycles. The maximum absolute atomic E-state index is 4.00. The molecule has 0 saturated carbocycles. The molecule has 0 aliphatic heterocycles. The maximum Gasteiger partial charge on any atom is -0.0112 e. The summed E-state index contributed by atoms with van der Waals surface area (Å²) < 4.78 is 0. The normalized spacial score (nSPS) is 11.9. The molecule has 0 aliphatic carbocycles. The Bertz CT molecular complexity index is 170. The molecule has 0 unspecified atom stereocenters. The minimum absolute atomic E-state index is 0.222. The van der Waals surface area contributed by atoms with Crippen molar-refractivity contribution in [3.8, 4) is 0 Å². The summed E-state index contributed by atoms with van der Waals surface area (Å²) in [5.74, 6) is 0. The highest BCUT2D eigenvalue weighted by atomic mass is 14.2. The lowest BCUT2D eigenvalue weighted by atomic mass is 9.82. The fraction of sp³-hybridized carbons (Fsp3) is 0.455. The van der Waals surface area contributed by atoms with E-state index in [9.17, 15) is 0 Å². The molecule has 0 fully saturated rings. The van der Waals surface area contributed by atoms with Gasteiger partial charge >= 0.3 is 0 Å². The predicted octanol–water partition coefficient (Wildman–Crippen LogP) is 3.72. The third kappa shape index (κ3) is 3.22. The van der Waals surface area contributed by atoms with Crippen LogP contribution in [-0.4, -0.2) is 0 Å². The SMILES string of the molecule is C=CC=CC(=C)C(C)(C)CC. The van der Waals surface area contributed by atoms with Crippen molar-refractivity contribution < 1.29 is 0 Å². The van der Waals surface area contributed by atoms with Gasteiger partial charge in [-0.05, 0) is 17.4 Å². The molecule has 0 amide bonds. The molecule has 0 saturated heterocycles. The van der Waals surface area contributed by atoms with Gasteiger partial charge in [0.25, 0.3) is 0 Å². The van der Waals surface area contributed by atoms with Crippen molar-refractivity contribution in [2.24, 2.45) is 5.41 Å². The van der Waals surface area contributed by atoms with Gasteiger partial charge in [-0.1, -0.05) is 52.2 Å². The monoisotopic (exact) mass is 150 g/mol. The van der Waals surface area contributed by atoms with Crippen LogP contribution in [0.2, 0.25) is 0 Å². The van der Waals surface area contributed by atoms with Crippen LogP contribution in [-0.2, 0) is 0 Å². The van der Waals surface area contributed by atoms with Crippen LogP contribution in [0.15, 0.2) is 37.0 Å². The number of hydrogen-bond donors (Lipinski definition) is 0. The van der Waals surface area contributed by atoms with Gasteiger partial charge < -0.3 is 0 Å². The van der Waals surface area contributed by atoms with Crippen LogP contribution < -0.4 is 0 Å². The third-order valence-corrected chi connectivity index (χ3v) is 2.19. The van der Waals surface area contributed by atoms with E-state index >= 15 is 0 Å². The van der Waals surface area contributed by atoms with Crippen molar-refractivity contribution >= 4 is 0 Å². The van der Waals surface area contributed by atoms with Crippen LogP contribution in [0, 0.1) is 5.41 Å². The first-order chi connectivity index (χ1) is 5.04. The number of hydrogen-bond acceptors (Lipinski definition) is 0. The fourth-order valence-electron chi connectivity index (χ4n) is 0.637. The third-order valence-electron chi connectivity index (χ3n) is 2.19. The molecule has 0 aliphatic rings. The molecule has 0 heterocycles. The van der Waals surface area contributed by atoms with Crippen LogP contribution in [0.25, 0.3) is 0 Å². The first-order valence-electron chi connectivity index (χ1n) is 4.03. The van der Waals surface area contributed by atoms with Crippen molar-refractivity contribution in [3.63, 3.8) is 0 Å². The van der Waals surface area contributed by atoms with E-state index in [-0.39, 0.29) is 5.41 Å². The molecule has 0 nitrogen and oxygen atoms in total. The van der Waals surface area contributed by atoms with Gasteiger partial charge in [0.1, 0.15) is 0 Å². The van der Waals surface area contributed by atoms with E-state index in [1.807, 2.05) is 12.2 Å². The second-order valence-corrected chi connectivity index (χ2v) is 3.36. The second-order valence-electron chi connectivity index (χ2n) is 3.36. The Hall–Kier alpha value is -0.780. The van der Waals surface area contributed by atoms with Crippen molar-refractivity contribution in [2.75, 3.05) is 0 Å². The van der Waals surface area contributed by atoms with E-state index in [0.717, 1.165) is 6.42 Å². The Morgan fingerprint density at radius 3 is 2.36 bits per heavy atom. The largest absolute Gasteiger partial charge is 0.0991 e. The lowest BCUT2D eigenvalue weighted by Gasteiger charge is -2.23. The summed E-state index contributed by atoms with van der Waals surface area (Å²) in [5, 5.41) is 0. The van der Waals surface area contributed by atoms with Crippen molar-refractivity contribution in [1.29, 1.82) is 0 Å². The average Bonchev–Trinajstić information content (AvgIpc) is 2.00. The highest BCUT2D eigenvalue weighted by Gasteiger charge is 2.16. The summed E-state index contributed by atoms with van der Waals surface area (Å²) in [5.41, 5.74) is 1.39. The first kappa shape index (κ1) is 10.2. The van der Waals surface area contributed by atoms with E-state index in [2.05, 4.69) is 33.9 Å². The van der Waals surface area contributed by atoms with Crippen molar-refractivity contribution in [1.82, 2.24) is 0 Å². The van der Waals surface area contributed by atoms with Gasteiger partial charge in [-0.15, -0.1) is 0 Å². The van der Waals surface area contributed by atoms with Crippen LogP contribution in [0.3, 0.4) is 0 Å². The van der Waals surface area contributed by atoms with Gasteiger partial charge in [-0.3, -0.25) is 0 Å². The Balaban J connectivity index is 4.24. The lowest BCUT2D eigenvalue weighted by molar-refractivity contribution is 0.441. The Morgan fingerprint density at radius 2 is 2.00 bits per heavy atom. The van der Waals surface area contributed by atoms with Crippen LogP contribution in [0.4, 0.5) is 0 Å². The molecular weight excluding hydrogens is 132 g/mol. The van der Waals surface area contributed by atoms with E-state index in [0.29, 0.717) is 0 Å². The number of rotatable bonds is 4. The lowest BCUT2D eigenvalue weighted by Crippen LogP contribution is -2.10. The smallest absolute Gasteiger partial charge is 0.0112 e. The standard InChI is InChI=1S/C11H18/c1-6-8-9-10(3)11(4,5)7-2/h6,8-9H,1,3,7H2,2,4-5H3. The second kappa shape index (κ2) is 4.17. The minimum atomic E-state index is 0.222. The fourth-order valence-corrected chi connectivity index (χ4v) is 0.637. The van der Waals surface area contributed by atoms with Crippen molar-refractivity contribution in [2.45, 2.75) is 27.2 Å². The minimum Gasteiger partial charge on any atom is -0.0991 e. The number of allylic oxidation sites excluding steroid dienone is 4. The van der Waals surface area contributed by atoms with Crippen molar-refractivity contribution in [3.05, 3.63) is 37.0 Å². The summed E-state index contributed by atoms with van der Waals surface area (Å²) in [4.78, 5) is 0. The average molecular weight is 150 g/mol. The van der Waals surface area contributed by atoms with Gasteiger partial charge in [0, 0.05) is 0 Å². The van der Waals surface area contributed by atoms with Gasteiger partial charge in [-0.25, -0.2) is 0 Å². The molecule has 0 aromatic rings. The summed E-state index contributed by atoms with van der Waals surface area (Å²) in [6.45, 7) is 14.2. The Labute approximate surface area is 70.3 Å². The van der Waals surface area contributed by atoms with Gasteiger partial charge in [0.2, 0.25) is 0 Å². The quantitative estimate of drug-likeness (QED) is 0.536. The highest BCUT2D eigenvalue weighted by Crippen LogP contribution is 2.29. The Kier molecular flexibility index (Phi) is 3.88. The molecule has 0 aromatic carbocycles. The van der Waals surface area contributed by atoms with E-state index in [4.69, 9.17) is 0 Å². The molecule has 0 radical (unpaired) electrons. The summed E-state index contributed by atoms with van der Waals surface area (Å²) in [6, 6.07) is 0. The summed E-state index contributed by atoms with van der Waals surface area (Å²) >= 11 is 0. The predicted molar refractivity (Wildman–Crippen MR) is 52.5 cm³/mol. The molecule has 11 heavy (non-hydrogen) atoms. The topological polar surface area (TPSA) is 0 Å². The van der Waals surface area contributed by atoms with E-state index in [1.54, 1.807) is 6.08 Å². The summed E-state index contributed by atoms with van der Waals surface area (Å²) in [7, 11) is 0. The molecule has 0 rings (SSSR count). The maximum atomic E-state index is 4.00. The van der Waals surface area contributed by atoms with E-state index < -0.39 is 0 Å². The highest BCUT2D eigenvalue weighted by molar-refractivity contribution is 5.23.